The van der Waals surface area contributed by atoms with Crippen molar-refractivity contribution in [1.82, 2.24) is 19.7 Å². The first-order valence-electron chi connectivity index (χ1n) is 10.1. The molecule has 34 heavy (non-hydrogen) atoms. The molecule has 5 aromatic rings. The van der Waals surface area contributed by atoms with Gasteiger partial charge in [0.05, 0.1) is 24.7 Å². The van der Waals surface area contributed by atoms with Gasteiger partial charge in [-0.2, -0.15) is 0 Å². The van der Waals surface area contributed by atoms with Crippen LogP contribution in [0.15, 0.2) is 65.2 Å². The molecule has 0 saturated carbocycles. The van der Waals surface area contributed by atoms with Crippen LogP contribution in [0.25, 0.3) is 22.5 Å². The highest BCUT2D eigenvalue weighted by Gasteiger charge is 2.27. The van der Waals surface area contributed by atoms with E-state index < -0.39 is 5.78 Å². The summed E-state index contributed by atoms with van der Waals surface area (Å²) < 4.78 is 12.8. The Kier molecular flexibility index (Phi) is 6.00. The van der Waals surface area contributed by atoms with E-state index in [0.29, 0.717) is 38.9 Å². The fourth-order valence-corrected chi connectivity index (χ4v) is 4.44. The summed E-state index contributed by atoms with van der Waals surface area (Å²) in [5.41, 5.74) is 2.18. The molecule has 0 amide bonds. The van der Waals surface area contributed by atoms with Gasteiger partial charge in [-0.25, -0.2) is 0 Å². The van der Waals surface area contributed by atoms with Gasteiger partial charge in [-0.3, -0.25) is 9.78 Å². The lowest BCUT2D eigenvalue weighted by Crippen LogP contribution is -2.04. The molecule has 0 fully saturated rings. The Bertz CT molecular complexity index is 1530. The molecule has 0 bridgehead atoms. The number of carbonyl (C=O) groups is 1. The van der Waals surface area contributed by atoms with Crippen molar-refractivity contribution in [3.05, 3.63) is 93.0 Å². The van der Waals surface area contributed by atoms with Crippen molar-refractivity contribution >= 4 is 51.5 Å². The van der Waals surface area contributed by atoms with E-state index in [4.69, 9.17) is 44.0 Å². The topological polar surface area (TPSA) is 83.0 Å². The Morgan fingerprint density at radius 2 is 1.91 bits per heavy atom. The Balaban J connectivity index is 1.62. The molecular formula is C24H15Cl3N4O3. The van der Waals surface area contributed by atoms with E-state index in [1.807, 2.05) is 12.1 Å². The van der Waals surface area contributed by atoms with Crippen LogP contribution in [0, 0.1) is 0 Å². The van der Waals surface area contributed by atoms with Crippen LogP contribution in [-0.4, -0.2) is 32.6 Å². The lowest BCUT2D eigenvalue weighted by atomic mass is 10.1. The highest BCUT2D eigenvalue weighted by molar-refractivity contribution is 6.37. The summed E-state index contributed by atoms with van der Waals surface area (Å²) in [6.07, 6.45) is 1.60. The number of benzene rings is 2. The lowest BCUT2D eigenvalue weighted by Gasteiger charge is -2.10. The van der Waals surface area contributed by atoms with E-state index in [1.165, 1.54) is 0 Å². The number of carbonyl (C=O) groups excluding carboxylic acids is 1. The second kappa shape index (κ2) is 9.10. The minimum absolute atomic E-state index is 0.134. The number of pyridine rings is 1. The van der Waals surface area contributed by atoms with Crippen molar-refractivity contribution < 1.29 is 13.9 Å². The van der Waals surface area contributed by atoms with Crippen LogP contribution in [0.5, 0.6) is 5.75 Å². The first-order chi connectivity index (χ1) is 16.5. The first kappa shape index (κ1) is 22.4. The molecule has 3 heterocycles. The minimum Gasteiger partial charge on any atom is -0.497 e. The molecule has 3 aromatic heterocycles. The van der Waals surface area contributed by atoms with Gasteiger partial charge in [-0.05, 0) is 48.0 Å². The third kappa shape index (κ3) is 4.03. The summed E-state index contributed by atoms with van der Waals surface area (Å²) in [4.78, 5) is 17.7. The number of ketones is 1. The van der Waals surface area contributed by atoms with Gasteiger partial charge in [0.25, 0.3) is 17.6 Å². The van der Waals surface area contributed by atoms with Gasteiger partial charge >= 0.3 is 0 Å². The Morgan fingerprint density at radius 1 is 1.06 bits per heavy atom. The van der Waals surface area contributed by atoms with Gasteiger partial charge in [0.15, 0.2) is 0 Å². The van der Waals surface area contributed by atoms with E-state index in [9.17, 15) is 4.79 Å². The molecule has 0 aliphatic rings. The van der Waals surface area contributed by atoms with Crippen LogP contribution in [0.4, 0.5) is 0 Å². The van der Waals surface area contributed by atoms with Crippen molar-refractivity contribution in [2.45, 2.75) is 6.54 Å². The van der Waals surface area contributed by atoms with E-state index >= 15 is 0 Å². The minimum atomic E-state index is -0.515. The van der Waals surface area contributed by atoms with Crippen molar-refractivity contribution in [3.8, 4) is 17.3 Å². The number of halogens is 3. The number of ether oxygens (including phenoxy) is 1. The smallest absolute Gasteiger partial charge is 0.289 e. The zero-order valence-electron chi connectivity index (χ0n) is 17.6. The number of hydrogen-bond donors (Lipinski definition) is 0. The molecular weight excluding hydrogens is 499 g/mol. The first-order valence-corrected chi connectivity index (χ1v) is 11.2. The number of aromatic nitrogens is 4. The summed E-state index contributed by atoms with van der Waals surface area (Å²) in [6, 6.07) is 15.8. The Morgan fingerprint density at radius 3 is 2.65 bits per heavy atom. The van der Waals surface area contributed by atoms with E-state index in [-0.39, 0.29) is 22.5 Å². The summed E-state index contributed by atoms with van der Waals surface area (Å²) in [7, 11) is 1.55. The molecule has 170 valence electrons. The van der Waals surface area contributed by atoms with Crippen molar-refractivity contribution in [1.29, 1.82) is 0 Å². The van der Waals surface area contributed by atoms with Crippen LogP contribution in [-0.2, 0) is 6.54 Å². The number of nitrogens with zero attached hydrogens (tertiary/aromatic N) is 4. The molecule has 0 aliphatic carbocycles. The van der Waals surface area contributed by atoms with Crippen LogP contribution in [0.2, 0.25) is 15.2 Å². The fourth-order valence-electron chi connectivity index (χ4n) is 3.64. The average molecular weight is 514 g/mol. The molecule has 2 aromatic carbocycles. The van der Waals surface area contributed by atoms with Crippen molar-refractivity contribution in [3.63, 3.8) is 0 Å². The van der Waals surface area contributed by atoms with Gasteiger partial charge < -0.3 is 13.7 Å². The van der Waals surface area contributed by atoms with Crippen LogP contribution in [0.3, 0.4) is 0 Å². The molecule has 0 spiro atoms. The fraction of sp³-hybridized carbons (Fsp3) is 0.0833. The predicted molar refractivity (Wildman–Crippen MR) is 130 cm³/mol. The molecule has 7 nitrogen and oxygen atoms in total. The van der Waals surface area contributed by atoms with Crippen molar-refractivity contribution in [2.24, 2.45) is 0 Å². The van der Waals surface area contributed by atoms with Gasteiger partial charge in [0, 0.05) is 21.6 Å². The van der Waals surface area contributed by atoms with Gasteiger partial charge in [-0.15, -0.1) is 10.2 Å². The zero-order valence-corrected chi connectivity index (χ0v) is 19.9. The Labute approximate surface area is 208 Å². The van der Waals surface area contributed by atoms with Crippen molar-refractivity contribution in [2.75, 3.05) is 7.11 Å². The summed E-state index contributed by atoms with van der Waals surface area (Å²) in [5.74, 6) is -0.0123. The maximum Gasteiger partial charge on any atom is 0.289 e. The second-order valence-corrected chi connectivity index (χ2v) is 8.53. The van der Waals surface area contributed by atoms with E-state index in [2.05, 4.69) is 15.2 Å². The molecule has 5 rings (SSSR count). The maximum absolute atomic E-state index is 13.5. The SMILES string of the molecule is COc1ccc2c(c1)c(C(=O)c1nnc(-c3ccccn3)o1)c(Cl)n2Cc1ccc(Cl)cc1Cl. The third-order valence-electron chi connectivity index (χ3n) is 5.28. The van der Waals surface area contributed by atoms with E-state index in [0.717, 1.165) is 5.56 Å². The summed E-state index contributed by atoms with van der Waals surface area (Å²) >= 11 is 19.2. The monoisotopic (exact) mass is 512 g/mol. The molecule has 10 heteroatoms. The largest absolute Gasteiger partial charge is 0.497 e. The molecule has 0 unspecified atom stereocenters. The molecule has 0 N–H and O–H groups in total. The summed E-state index contributed by atoms with van der Waals surface area (Å²) in [5, 5.41) is 9.70. The highest BCUT2D eigenvalue weighted by Crippen LogP contribution is 2.36. The number of hydrogen-bond acceptors (Lipinski definition) is 6. The van der Waals surface area contributed by atoms with Crippen LogP contribution >= 0.6 is 34.8 Å². The average Bonchev–Trinajstić information content (AvgIpc) is 3.44. The normalized spacial score (nSPS) is 11.2. The molecule has 0 radical (unpaired) electrons. The van der Waals surface area contributed by atoms with Crippen LogP contribution in [0.1, 0.15) is 21.8 Å². The molecule has 0 saturated heterocycles. The molecule has 0 aliphatic heterocycles. The standard InChI is InChI=1S/C24H15Cl3N4O3/c1-33-15-7-8-19-16(11-15)20(22(27)31(19)12-13-5-6-14(25)10-17(13)26)21(32)24-30-29-23(34-24)18-4-2-3-9-28-18/h2-11H,12H2,1H3. The Hall–Kier alpha value is -3.39. The van der Waals surface area contributed by atoms with E-state index in [1.54, 1.807) is 60.3 Å². The number of methoxy groups -OCH3 is 1. The summed E-state index contributed by atoms with van der Waals surface area (Å²) in [6.45, 7) is 0.313. The highest BCUT2D eigenvalue weighted by atomic mass is 35.5. The maximum atomic E-state index is 13.5. The predicted octanol–water partition coefficient (Wildman–Crippen LogP) is 6.33. The number of fused-ring (bicyclic) bond motifs is 1. The van der Waals surface area contributed by atoms with Gasteiger partial charge in [-0.1, -0.05) is 46.9 Å². The lowest BCUT2D eigenvalue weighted by molar-refractivity contribution is 0.100. The quantitative estimate of drug-likeness (QED) is 0.247. The zero-order chi connectivity index (χ0) is 23.8. The van der Waals surface area contributed by atoms with Crippen LogP contribution < -0.4 is 4.74 Å². The third-order valence-corrected chi connectivity index (χ3v) is 6.26. The second-order valence-electron chi connectivity index (χ2n) is 7.33. The van der Waals surface area contributed by atoms with Gasteiger partial charge in [0.1, 0.15) is 16.6 Å². The van der Waals surface area contributed by atoms with Gasteiger partial charge in [0.2, 0.25) is 0 Å². The number of rotatable bonds is 6. The molecule has 0 atom stereocenters.